The van der Waals surface area contributed by atoms with E-state index in [4.69, 9.17) is 0 Å². The molecule has 2 N–H and O–H groups in total. The van der Waals surface area contributed by atoms with Crippen molar-refractivity contribution in [3.05, 3.63) is 65.6 Å². The van der Waals surface area contributed by atoms with E-state index in [2.05, 4.69) is 5.32 Å². The molecule has 1 heterocycles. The Morgan fingerprint density at radius 3 is 2.54 bits per heavy atom. The zero-order chi connectivity index (χ0) is 16.9. The molecule has 122 valence electrons. The summed E-state index contributed by atoms with van der Waals surface area (Å²) >= 11 is 1.43. The number of carbonyl (C=O) groups is 2. The molecule has 2 aromatic rings. The molecular formula is C18H16N2O3S. The van der Waals surface area contributed by atoms with Gasteiger partial charge in [0.1, 0.15) is 12.3 Å². The number of anilines is 1. The molecule has 0 saturated carbocycles. The molecule has 1 aliphatic heterocycles. The molecular weight excluding hydrogens is 324 g/mol. The summed E-state index contributed by atoms with van der Waals surface area (Å²) < 4.78 is 0. The van der Waals surface area contributed by atoms with Gasteiger partial charge in [-0.3, -0.25) is 9.59 Å². The van der Waals surface area contributed by atoms with Gasteiger partial charge in [0.05, 0.1) is 11.4 Å². The number of phenols is 1. The van der Waals surface area contributed by atoms with Crippen molar-refractivity contribution < 1.29 is 14.7 Å². The highest BCUT2D eigenvalue weighted by Gasteiger charge is 2.25. The van der Waals surface area contributed by atoms with E-state index in [1.54, 1.807) is 12.1 Å². The van der Waals surface area contributed by atoms with E-state index in [0.717, 1.165) is 11.3 Å². The number of amides is 2. The van der Waals surface area contributed by atoms with Gasteiger partial charge in [-0.05, 0) is 35.2 Å². The number of benzene rings is 2. The van der Waals surface area contributed by atoms with Gasteiger partial charge in [-0.2, -0.15) is 0 Å². The topological polar surface area (TPSA) is 69.6 Å². The Morgan fingerprint density at radius 1 is 1.12 bits per heavy atom. The van der Waals surface area contributed by atoms with Crippen molar-refractivity contribution in [1.82, 2.24) is 4.90 Å². The van der Waals surface area contributed by atoms with Crippen molar-refractivity contribution in [3.63, 3.8) is 0 Å². The standard InChI is InChI=1S/C18H16N2O3S/c21-15-8-6-14(7-9-15)19-17(22)10-20-16(11-24-12-18(20)23)13-4-2-1-3-5-13/h1-9,11,21H,10,12H2,(H,19,22). The Hall–Kier alpha value is -2.73. The quantitative estimate of drug-likeness (QED) is 0.840. The molecule has 0 fully saturated rings. The molecule has 3 rings (SSSR count). The zero-order valence-electron chi connectivity index (χ0n) is 12.8. The number of nitrogens with one attached hydrogen (secondary N) is 1. The van der Waals surface area contributed by atoms with Crippen molar-refractivity contribution in [2.75, 3.05) is 17.6 Å². The monoisotopic (exact) mass is 340 g/mol. The predicted molar refractivity (Wildman–Crippen MR) is 95.3 cm³/mol. The van der Waals surface area contributed by atoms with Gasteiger partial charge in [-0.1, -0.05) is 30.3 Å². The maximum Gasteiger partial charge on any atom is 0.244 e. The summed E-state index contributed by atoms with van der Waals surface area (Å²) in [5.41, 5.74) is 2.20. The predicted octanol–water partition coefficient (Wildman–Crippen LogP) is 2.90. The fraction of sp³-hybridized carbons (Fsp3) is 0.111. The lowest BCUT2D eigenvalue weighted by atomic mass is 10.1. The van der Waals surface area contributed by atoms with Crippen LogP contribution in [0.25, 0.3) is 5.70 Å². The van der Waals surface area contributed by atoms with Crippen LogP contribution in [0, 0.1) is 0 Å². The van der Waals surface area contributed by atoms with Gasteiger partial charge in [0, 0.05) is 5.69 Å². The largest absolute Gasteiger partial charge is 0.508 e. The van der Waals surface area contributed by atoms with Gasteiger partial charge >= 0.3 is 0 Å². The molecule has 0 saturated heterocycles. The summed E-state index contributed by atoms with van der Waals surface area (Å²) in [5, 5.41) is 13.9. The summed E-state index contributed by atoms with van der Waals surface area (Å²) in [6.45, 7) is -0.0546. The number of carbonyl (C=O) groups excluding carboxylic acids is 2. The summed E-state index contributed by atoms with van der Waals surface area (Å²) in [4.78, 5) is 26.0. The first-order valence-corrected chi connectivity index (χ1v) is 8.45. The Kier molecular flexibility index (Phi) is 4.86. The molecule has 6 heteroatoms. The summed E-state index contributed by atoms with van der Waals surface area (Å²) in [7, 11) is 0. The maximum absolute atomic E-state index is 12.3. The molecule has 0 aromatic heterocycles. The number of aromatic hydroxyl groups is 1. The minimum Gasteiger partial charge on any atom is -0.508 e. The minimum atomic E-state index is -0.289. The minimum absolute atomic E-state index is 0.0546. The highest BCUT2D eigenvalue weighted by Crippen LogP contribution is 2.28. The third-order valence-electron chi connectivity index (χ3n) is 3.52. The fourth-order valence-corrected chi connectivity index (χ4v) is 3.17. The van der Waals surface area contributed by atoms with Gasteiger partial charge in [0.25, 0.3) is 0 Å². The molecule has 0 radical (unpaired) electrons. The van der Waals surface area contributed by atoms with Crippen LogP contribution >= 0.6 is 11.8 Å². The van der Waals surface area contributed by atoms with Gasteiger partial charge in [0.2, 0.25) is 11.8 Å². The van der Waals surface area contributed by atoms with Gasteiger partial charge in [-0.25, -0.2) is 0 Å². The van der Waals surface area contributed by atoms with E-state index < -0.39 is 0 Å². The second-order valence-corrected chi connectivity index (χ2v) is 6.11. The fourth-order valence-electron chi connectivity index (χ4n) is 2.36. The van der Waals surface area contributed by atoms with E-state index in [1.165, 1.54) is 28.8 Å². The van der Waals surface area contributed by atoms with Crippen LogP contribution in [0.15, 0.2) is 60.0 Å². The van der Waals surface area contributed by atoms with Gasteiger partial charge in [-0.15, -0.1) is 11.8 Å². The van der Waals surface area contributed by atoms with Crippen molar-refractivity contribution >= 4 is 35.0 Å². The lowest BCUT2D eigenvalue weighted by molar-refractivity contribution is -0.129. The van der Waals surface area contributed by atoms with Crippen molar-refractivity contribution in [3.8, 4) is 5.75 Å². The first kappa shape index (κ1) is 16.1. The van der Waals surface area contributed by atoms with E-state index in [1.807, 2.05) is 35.7 Å². The molecule has 1 aliphatic rings. The molecule has 0 aliphatic carbocycles. The number of hydrogen-bond donors (Lipinski definition) is 2. The van der Waals surface area contributed by atoms with Crippen LogP contribution in [0.2, 0.25) is 0 Å². The highest BCUT2D eigenvalue weighted by molar-refractivity contribution is 8.03. The van der Waals surface area contributed by atoms with Crippen LogP contribution in [0.1, 0.15) is 5.56 Å². The molecule has 2 amide bonds. The van der Waals surface area contributed by atoms with Crippen LogP contribution in [0.4, 0.5) is 5.69 Å². The number of phenolic OH excluding ortho intramolecular Hbond substituents is 1. The Labute approximate surface area is 144 Å². The number of nitrogens with zero attached hydrogens (tertiary/aromatic N) is 1. The average molecular weight is 340 g/mol. The number of hydrogen-bond acceptors (Lipinski definition) is 4. The zero-order valence-corrected chi connectivity index (χ0v) is 13.6. The lowest BCUT2D eigenvalue weighted by Crippen LogP contribution is -2.39. The summed E-state index contributed by atoms with van der Waals surface area (Å²) in [5.74, 6) is 0.0681. The van der Waals surface area contributed by atoms with Crippen molar-refractivity contribution in [2.45, 2.75) is 0 Å². The molecule has 2 aromatic carbocycles. The van der Waals surface area contributed by atoms with E-state index in [0.29, 0.717) is 11.4 Å². The lowest BCUT2D eigenvalue weighted by Gasteiger charge is -2.28. The van der Waals surface area contributed by atoms with Crippen LogP contribution in [-0.4, -0.2) is 34.1 Å². The van der Waals surface area contributed by atoms with Crippen molar-refractivity contribution in [1.29, 1.82) is 0 Å². The Bertz CT molecular complexity index is 773. The van der Waals surface area contributed by atoms with E-state index in [9.17, 15) is 14.7 Å². The van der Waals surface area contributed by atoms with Crippen LogP contribution in [0.3, 0.4) is 0 Å². The average Bonchev–Trinajstić information content (AvgIpc) is 2.59. The van der Waals surface area contributed by atoms with E-state index in [-0.39, 0.29) is 24.1 Å². The van der Waals surface area contributed by atoms with E-state index >= 15 is 0 Å². The summed E-state index contributed by atoms with van der Waals surface area (Å²) in [6.07, 6.45) is 0. The normalized spacial score (nSPS) is 14.2. The summed E-state index contributed by atoms with van der Waals surface area (Å²) in [6, 6.07) is 15.7. The molecule has 0 unspecified atom stereocenters. The smallest absolute Gasteiger partial charge is 0.244 e. The number of thioether (sulfide) groups is 1. The first-order chi connectivity index (χ1) is 11.6. The third-order valence-corrected chi connectivity index (χ3v) is 4.32. The third kappa shape index (κ3) is 3.78. The van der Waals surface area contributed by atoms with Crippen molar-refractivity contribution in [2.24, 2.45) is 0 Å². The number of rotatable bonds is 4. The molecule has 24 heavy (non-hydrogen) atoms. The second kappa shape index (κ2) is 7.23. The molecule has 0 atom stereocenters. The first-order valence-electron chi connectivity index (χ1n) is 7.40. The van der Waals surface area contributed by atoms with Crippen LogP contribution in [-0.2, 0) is 9.59 Å². The molecule has 0 bridgehead atoms. The van der Waals surface area contributed by atoms with Crippen LogP contribution in [0.5, 0.6) is 5.75 Å². The SMILES string of the molecule is O=C(CN1C(=O)CSC=C1c1ccccc1)Nc1ccc(O)cc1. The molecule has 5 nitrogen and oxygen atoms in total. The Balaban J connectivity index is 1.74. The maximum atomic E-state index is 12.3. The molecule has 0 spiro atoms. The van der Waals surface area contributed by atoms with Gasteiger partial charge < -0.3 is 15.3 Å². The highest BCUT2D eigenvalue weighted by atomic mass is 32.2. The van der Waals surface area contributed by atoms with Gasteiger partial charge in [0.15, 0.2) is 0 Å². The second-order valence-electron chi connectivity index (χ2n) is 5.26. The van der Waals surface area contributed by atoms with Crippen LogP contribution < -0.4 is 5.32 Å². The Morgan fingerprint density at radius 2 is 1.83 bits per heavy atom.